The van der Waals surface area contributed by atoms with Gasteiger partial charge in [0.05, 0.1) is 16.8 Å². The van der Waals surface area contributed by atoms with E-state index in [0.29, 0.717) is 21.7 Å². The van der Waals surface area contributed by atoms with E-state index in [4.69, 9.17) is 0 Å². The van der Waals surface area contributed by atoms with Gasteiger partial charge in [-0.25, -0.2) is 24.5 Å². The number of aromatic nitrogens is 2. The van der Waals surface area contributed by atoms with Crippen LogP contribution >= 0.6 is 11.3 Å². The van der Waals surface area contributed by atoms with E-state index in [-0.39, 0.29) is 10.6 Å². The van der Waals surface area contributed by atoms with Gasteiger partial charge in [0.15, 0.2) is 5.82 Å². The lowest BCUT2D eigenvalue weighted by Crippen LogP contribution is -2.34. The van der Waals surface area contributed by atoms with Crippen molar-refractivity contribution in [2.24, 2.45) is 0 Å². The molecular weight excluding hydrogens is 388 g/mol. The lowest BCUT2D eigenvalue weighted by molar-refractivity contribution is 0.0703. The van der Waals surface area contributed by atoms with E-state index in [1.807, 2.05) is 42.5 Å². The molecular formula is C21H14N4O3S. The minimum absolute atomic E-state index is 0.0490. The smallest absolute Gasteiger partial charge is 0.348 e. The summed E-state index contributed by atoms with van der Waals surface area (Å²) in [5.74, 6) is -0.721. The number of carboxylic acids is 1. The standard InChI is InChI=1S/C21H14N4O3S/c26-20(27)17-16-15-18(22-11-23-19(15)29-17)25(21(28)24-16)14-8-6-13(7-9-14)10-12-4-2-1-3-5-12/h1-9,11H,10H2,(H,24,28)(H,26,27). The summed E-state index contributed by atoms with van der Waals surface area (Å²) in [6.07, 6.45) is 2.14. The van der Waals surface area contributed by atoms with Crippen molar-refractivity contribution >= 4 is 50.7 Å². The molecule has 8 heteroatoms. The summed E-state index contributed by atoms with van der Waals surface area (Å²) in [6, 6.07) is 17.4. The second kappa shape index (κ2) is 6.68. The van der Waals surface area contributed by atoms with Crippen molar-refractivity contribution in [3.8, 4) is 0 Å². The number of thiophene rings is 1. The quantitative estimate of drug-likeness (QED) is 0.517. The second-order valence-corrected chi connectivity index (χ2v) is 7.58. The number of rotatable bonds is 4. The van der Waals surface area contributed by atoms with E-state index in [2.05, 4.69) is 27.4 Å². The SMILES string of the molecule is O=C(O)c1sc2ncnc3c2c1NC(=O)N3c1ccc(Cc2ccccc2)cc1. The average Bonchev–Trinajstić information content (AvgIpc) is 3.10. The van der Waals surface area contributed by atoms with Crippen molar-refractivity contribution in [1.82, 2.24) is 9.97 Å². The van der Waals surface area contributed by atoms with Gasteiger partial charge >= 0.3 is 12.0 Å². The maximum atomic E-state index is 12.8. The molecule has 0 atom stereocenters. The third-order valence-corrected chi connectivity index (χ3v) is 5.84. The second-order valence-electron chi connectivity index (χ2n) is 6.58. The van der Waals surface area contributed by atoms with Gasteiger partial charge in [-0.3, -0.25) is 0 Å². The van der Waals surface area contributed by atoms with Crippen molar-refractivity contribution in [2.45, 2.75) is 6.42 Å². The number of amides is 2. The molecule has 2 amide bonds. The summed E-state index contributed by atoms with van der Waals surface area (Å²) >= 11 is 1.02. The number of carboxylic acid groups (broad SMARTS) is 1. The minimum Gasteiger partial charge on any atom is -0.477 e. The first-order valence-corrected chi connectivity index (χ1v) is 9.68. The number of hydrogen-bond acceptors (Lipinski definition) is 5. The number of nitrogens with zero attached hydrogens (tertiary/aromatic N) is 3. The van der Waals surface area contributed by atoms with Crippen LogP contribution in [0.3, 0.4) is 0 Å². The first kappa shape index (κ1) is 17.3. The highest BCUT2D eigenvalue weighted by atomic mass is 32.1. The summed E-state index contributed by atoms with van der Waals surface area (Å²) in [5.41, 5.74) is 3.23. The van der Waals surface area contributed by atoms with E-state index in [1.54, 1.807) is 0 Å². The highest BCUT2D eigenvalue weighted by molar-refractivity contribution is 7.21. The molecule has 0 bridgehead atoms. The molecule has 5 rings (SSSR count). The Bertz CT molecular complexity index is 1250. The number of carbonyl (C=O) groups excluding carboxylic acids is 1. The molecule has 7 nitrogen and oxygen atoms in total. The minimum atomic E-state index is -1.10. The Morgan fingerprint density at radius 3 is 2.48 bits per heavy atom. The summed E-state index contributed by atoms with van der Waals surface area (Å²) in [4.78, 5) is 34.8. The fourth-order valence-corrected chi connectivity index (χ4v) is 4.38. The van der Waals surface area contributed by atoms with Crippen molar-refractivity contribution < 1.29 is 14.7 Å². The molecule has 0 fully saturated rings. The Balaban J connectivity index is 1.54. The van der Waals surface area contributed by atoms with Crippen LogP contribution in [0.25, 0.3) is 10.2 Å². The van der Waals surface area contributed by atoms with Crippen molar-refractivity contribution in [1.29, 1.82) is 0 Å². The highest BCUT2D eigenvalue weighted by Crippen LogP contribution is 2.44. The van der Waals surface area contributed by atoms with Crippen LogP contribution in [0.1, 0.15) is 20.8 Å². The normalized spacial score (nSPS) is 12.8. The van der Waals surface area contributed by atoms with E-state index in [9.17, 15) is 14.7 Å². The molecule has 0 saturated carbocycles. The van der Waals surface area contributed by atoms with Crippen LogP contribution in [0.15, 0.2) is 60.9 Å². The van der Waals surface area contributed by atoms with Crippen LogP contribution in [0, 0.1) is 0 Å². The molecule has 29 heavy (non-hydrogen) atoms. The lowest BCUT2D eigenvalue weighted by Gasteiger charge is -2.27. The summed E-state index contributed by atoms with van der Waals surface area (Å²) in [5, 5.41) is 12.7. The summed E-state index contributed by atoms with van der Waals surface area (Å²) in [6.45, 7) is 0. The molecule has 4 aromatic rings. The van der Waals surface area contributed by atoms with Crippen molar-refractivity contribution in [3.05, 3.63) is 76.9 Å². The zero-order valence-electron chi connectivity index (χ0n) is 15.0. The Hall–Kier alpha value is -3.78. The van der Waals surface area contributed by atoms with Gasteiger partial charge in [0.25, 0.3) is 0 Å². The van der Waals surface area contributed by atoms with Crippen LogP contribution in [0.2, 0.25) is 0 Å². The van der Waals surface area contributed by atoms with Crippen LogP contribution in [-0.4, -0.2) is 27.1 Å². The number of nitrogens with one attached hydrogen (secondary N) is 1. The maximum Gasteiger partial charge on any atom is 0.348 e. The van der Waals surface area contributed by atoms with Gasteiger partial charge in [0.2, 0.25) is 0 Å². The monoisotopic (exact) mass is 402 g/mol. The Morgan fingerprint density at radius 2 is 1.76 bits per heavy atom. The molecule has 0 spiro atoms. The molecule has 0 radical (unpaired) electrons. The summed E-state index contributed by atoms with van der Waals surface area (Å²) in [7, 11) is 0. The molecule has 3 heterocycles. The van der Waals surface area contributed by atoms with Crippen molar-refractivity contribution in [2.75, 3.05) is 10.2 Å². The third-order valence-electron chi connectivity index (χ3n) is 4.75. The van der Waals surface area contributed by atoms with Gasteiger partial charge in [-0.1, -0.05) is 42.5 Å². The molecule has 0 unspecified atom stereocenters. The first-order valence-electron chi connectivity index (χ1n) is 8.86. The number of hydrogen-bond donors (Lipinski definition) is 2. The molecule has 2 aromatic heterocycles. The maximum absolute atomic E-state index is 12.8. The van der Waals surface area contributed by atoms with Crippen LogP contribution in [0.4, 0.5) is 22.0 Å². The largest absolute Gasteiger partial charge is 0.477 e. The fraction of sp³-hybridized carbons (Fsp3) is 0.0476. The fourth-order valence-electron chi connectivity index (χ4n) is 3.45. The first-order chi connectivity index (χ1) is 14.1. The average molecular weight is 402 g/mol. The Morgan fingerprint density at radius 1 is 1.03 bits per heavy atom. The van der Waals surface area contributed by atoms with Crippen LogP contribution in [-0.2, 0) is 6.42 Å². The van der Waals surface area contributed by atoms with E-state index < -0.39 is 12.0 Å². The van der Waals surface area contributed by atoms with Crippen LogP contribution < -0.4 is 10.2 Å². The number of aromatic carboxylic acids is 1. The van der Waals surface area contributed by atoms with Gasteiger partial charge in [-0.2, -0.15) is 0 Å². The molecule has 142 valence electrons. The van der Waals surface area contributed by atoms with Crippen LogP contribution in [0.5, 0.6) is 0 Å². The van der Waals surface area contributed by atoms with Gasteiger partial charge < -0.3 is 10.4 Å². The van der Waals surface area contributed by atoms with E-state index in [1.165, 1.54) is 16.8 Å². The van der Waals surface area contributed by atoms with Gasteiger partial charge in [-0.05, 0) is 29.7 Å². The molecule has 2 N–H and O–H groups in total. The topological polar surface area (TPSA) is 95.4 Å². The predicted molar refractivity (Wildman–Crippen MR) is 111 cm³/mol. The number of carbonyl (C=O) groups is 2. The Kier molecular flexibility index (Phi) is 3.99. The van der Waals surface area contributed by atoms with Gasteiger partial charge in [-0.15, -0.1) is 11.3 Å². The Labute approximate surface area is 169 Å². The molecule has 1 aliphatic rings. The molecule has 2 aromatic carbocycles. The van der Waals surface area contributed by atoms with Gasteiger partial charge in [0, 0.05) is 0 Å². The number of benzene rings is 2. The molecule has 0 saturated heterocycles. The molecule has 1 aliphatic heterocycles. The third kappa shape index (κ3) is 2.90. The summed E-state index contributed by atoms with van der Waals surface area (Å²) < 4.78 is 0. The lowest BCUT2D eigenvalue weighted by atomic mass is 10.0. The highest BCUT2D eigenvalue weighted by Gasteiger charge is 2.33. The van der Waals surface area contributed by atoms with Gasteiger partial charge in [0.1, 0.15) is 16.0 Å². The zero-order valence-corrected chi connectivity index (χ0v) is 15.8. The van der Waals surface area contributed by atoms with E-state index >= 15 is 0 Å². The van der Waals surface area contributed by atoms with E-state index in [0.717, 1.165) is 23.3 Å². The molecule has 0 aliphatic carbocycles. The van der Waals surface area contributed by atoms with Crippen molar-refractivity contribution in [3.63, 3.8) is 0 Å². The number of urea groups is 1. The zero-order chi connectivity index (χ0) is 20.0. The predicted octanol–water partition coefficient (Wildman–Crippen LogP) is 4.66. The number of anilines is 3.